The van der Waals surface area contributed by atoms with Crippen LogP contribution in [0.2, 0.25) is 0 Å². The third-order valence-corrected chi connectivity index (χ3v) is 5.26. The predicted molar refractivity (Wildman–Crippen MR) is 115 cm³/mol. The molecule has 1 aromatic rings. The number of methoxy groups -OCH3 is 1. The molecule has 0 spiro atoms. The average Bonchev–Trinajstić information content (AvgIpc) is 2.55. The molecule has 0 unspecified atom stereocenters. The Morgan fingerprint density at radius 2 is 1.96 bits per heavy atom. The van der Waals surface area contributed by atoms with Crippen LogP contribution in [0.15, 0.2) is 23.2 Å². The first kappa shape index (κ1) is 24.0. The summed E-state index contributed by atoms with van der Waals surface area (Å²) in [4.78, 5) is 4.32. The topological polar surface area (TPSA) is 79.8 Å². The summed E-state index contributed by atoms with van der Waals surface area (Å²) in [6.45, 7) is 7.35. The van der Waals surface area contributed by atoms with Crippen molar-refractivity contribution in [3.05, 3.63) is 29.3 Å². The molecular formula is C17H30IN3O3S. The Balaban J connectivity index is 0.00000576. The summed E-state index contributed by atoms with van der Waals surface area (Å²) in [5, 5.41) is 6.36. The van der Waals surface area contributed by atoms with Crippen LogP contribution in [0.3, 0.4) is 0 Å². The number of ether oxygens (including phenoxy) is 1. The number of hydrogen-bond acceptors (Lipinski definition) is 4. The monoisotopic (exact) mass is 483 g/mol. The Bertz CT molecular complexity index is 649. The molecule has 1 aromatic carbocycles. The zero-order valence-electron chi connectivity index (χ0n) is 15.5. The van der Waals surface area contributed by atoms with E-state index in [4.69, 9.17) is 4.74 Å². The van der Waals surface area contributed by atoms with Crippen molar-refractivity contribution in [3.8, 4) is 5.75 Å². The molecule has 0 fully saturated rings. The summed E-state index contributed by atoms with van der Waals surface area (Å²) in [5.74, 6) is 1.74. The van der Waals surface area contributed by atoms with Crippen LogP contribution in [0.1, 0.15) is 25.0 Å². The summed E-state index contributed by atoms with van der Waals surface area (Å²) in [6, 6.07) is 6.10. The van der Waals surface area contributed by atoms with Crippen LogP contribution >= 0.6 is 24.0 Å². The molecule has 0 saturated heterocycles. The number of aliphatic imine (C=N–C) groups is 1. The van der Waals surface area contributed by atoms with Crippen LogP contribution in [0.25, 0.3) is 0 Å². The Labute approximate surface area is 168 Å². The van der Waals surface area contributed by atoms with Gasteiger partial charge in [-0.1, -0.05) is 24.6 Å². The number of nitrogens with one attached hydrogen (secondary N) is 2. The van der Waals surface area contributed by atoms with E-state index in [1.807, 2.05) is 19.1 Å². The van der Waals surface area contributed by atoms with Gasteiger partial charge in [0.25, 0.3) is 0 Å². The highest BCUT2D eigenvalue weighted by Crippen LogP contribution is 2.19. The molecule has 0 heterocycles. The molecule has 0 aliphatic rings. The largest absolute Gasteiger partial charge is 0.496 e. The fourth-order valence-corrected chi connectivity index (χ4v) is 2.86. The highest BCUT2D eigenvalue weighted by atomic mass is 127. The van der Waals surface area contributed by atoms with Crippen molar-refractivity contribution >= 4 is 39.8 Å². The minimum absolute atomic E-state index is 0. The van der Waals surface area contributed by atoms with Gasteiger partial charge in [0.1, 0.15) is 5.75 Å². The van der Waals surface area contributed by atoms with E-state index in [9.17, 15) is 8.42 Å². The minimum Gasteiger partial charge on any atom is -0.496 e. The molecule has 0 amide bonds. The van der Waals surface area contributed by atoms with Crippen LogP contribution in [0.5, 0.6) is 5.75 Å². The normalized spacial score (nSPS) is 11.6. The van der Waals surface area contributed by atoms with Gasteiger partial charge in [-0.15, -0.1) is 24.0 Å². The molecular weight excluding hydrogens is 453 g/mol. The first-order valence-corrected chi connectivity index (χ1v) is 10.1. The number of nitrogens with zero attached hydrogens (tertiary/aromatic N) is 1. The number of benzene rings is 1. The van der Waals surface area contributed by atoms with E-state index in [2.05, 4.69) is 28.6 Å². The van der Waals surface area contributed by atoms with Gasteiger partial charge in [0.05, 0.1) is 19.4 Å². The molecule has 0 saturated carbocycles. The lowest BCUT2D eigenvalue weighted by Crippen LogP contribution is -2.38. The summed E-state index contributed by atoms with van der Waals surface area (Å²) < 4.78 is 28.4. The average molecular weight is 483 g/mol. The SMILES string of the molecule is CCNC(=NCCS(=O)(=O)CC)NCCc1cc(C)ccc1OC.I. The molecule has 144 valence electrons. The fraction of sp³-hybridized carbons (Fsp3) is 0.588. The zero-order chi connectivity index (χ0) is 18.0. The summed E-state index contributed by atoms with van der Waals surface area (Å²) >= 11 is 0. The molecule has 0 radical (unpaired) electrons. The number of halogens is 1. The zero-order valence-corrected chi connectivity index (χ0v) is 18.6. The van der Waals surface area contributed by atoms with Crippen molar-refractivity contribution in [2.45, 2.75) is 27.2 Å². The van der Waals surface area contributed by atoms with Gasteiger partial charge in [-0.3, -0.25) is 4.99 Å². The van der Waals surface area contributed by atoms with E-state index in [0.29, 0.717) is 12.5 Å². The van der Waals surface area contributed by atoms with Crippen LogP contribution < -0.4 is 15.4 Å². The Kier molecular flexibility index (Phi) is 11.8. The Hall–Kier alpha value is -1.03. The maximum atomic E-state index is 11.5. The first-order valence-electron chi connectivity index (χ1n) is 8.28. The minimum atomic E-state index is -2.99. The van der Waals surface area contributed by atoms with Crippen molar-refractivity contribution in [1.82, 2.24) is 10.6 Å². The molecule has 8 heteroatoms. The van der Waals surface area contributed by atoms with Gasteiger partial charge in [0.15, 0.2) is 15.8 Å². The molecule has 6 nitrogen and oxygen atoms in total. The number of guanidine groups is 1. The second kappa shape index (κ2) is 12.3. The molecule has 2 N–H and O–H groups in total. The van der Waals surface area contributed by atoms with Crippen LogP contribution in [0.4, 0.5) is 0 Å². The van der Waals surface area contributed by atoms with Gasteiger partial charge >= 0.3 is 0 Å². The van der Waals surface area contributed by atoms with E-state index in [1.54, 1.807) is 14.0 Å². The van der Waals surface area contributed by atoms with Gasteiger partial charge in [-0.05, 0) is 31.9 Å². The number of rotatable bonds is 9. The van der Waals surface area contributed by atoms with E-state index in [-0.39, 0.29) is 42.0 Å². The highest BCUT2D eigenvalue weighted by molar-refractivity contribution is 14.0. The van der Waals surface area contributed by atoms with E-state index >= 15 is 0 Å². The first-order chi connectivity index (χ1) is 11.4. The molecule has 0 aliphatic heterocycles. The van der Waals surface area contributed by atoms with Crippen molar-refractivity contribution in [2.75, 3.05) is 38.2 Å². The van der Waals surface area contributed by atoms with Gasteiger partial charge < -0.3 is 15.4 Å². The number of hydrogen-bond donors (Lipinski definition) is 2. The lowest BCUT2D eigenvalue weighted by atomic mass is 10.1. The molecule has 0 aromatic heterocycles. The lowest BCUT2D eigenvalue weighted by Gasteiger charge is -2.13. The van der Waals surface area contributed by atoms with Crippen molar-refractivity contribution < 1.29 is 13.2 Å². The molecule has 0 aliphatic carbocycles. The Morgan fingerprint density at radius 3 is 2.56 bits per heavy atom. The standard InChI is InChI=1S/C17H29N3O3S.HI/c1-5-18-17(20-11-12-24(21,22)6-2)19-10-9-15-13-14(3)7-8-16(15)23-4;/h7-8,13H,5-6,9-12H2,1-4H3,(H2,18,19,20);1H. The second-order valence-corrected chi connectivity index (χ2v) is 7.96. The van der Waals surface area contributed by atoms with Crippen molar-refractivity contribution in [2.24, 2.45) is 4.99 Å². The van der Waals surface area contributed by atoms with E-state index in [0.717, 1.165) is 24.3 Å². The van der Waals surface area contributed by atoms with Crippen molar-refractivity contribution in [1.29, 1.82) is 0 Å². The van der Waals surface area contributed by atoms with Gasteiger partial charge in [0, 0.05) is 18.8 Å². The summed E-state index contributed by atoms with van der Waals surface area (Å²) in [5.41, 5.74) is 2.32. The van der Waals surface area contributed by atoms with Gasteiger partial charge in [0.2, 0.25) is 0 Å². The summed E-state index contributed by atoms with van der Waals surface area (Å²) in [6.07, 6.45) is 0.794. The maximum absolute atomic E-state index is 11.5. The third kappa shape index (κ3) is 9.29. The van der Waals surface area contributed by atoms with E-state index in [1.165, 1.54) is 5.56 Å². The van der Waals surface area contributed by atoms with Gasteiger partial charge in [-0.25, -0.2) is 8.42 Å². The molecule has 0 atom stereocenters. The third-order valence-electron chi connectivity index (χ3n) is 3.58. The van der Waals surface area contributed by atoms with Crippen LogP contribution in [-0.4, -0.2) is 52.6 Å². The fourth-order valence-electron chi connectivity index (χ4n) is 2.20. The molecule has 0 bridgehead atoms. The summed E-state index contributed by atoms with van der Waals surface area (Å²) in [7, 11) is -1.32. The number of sulfone groups is 1. The van der Waals surface area contributed by atoms with Crippen molar-refractivity contribution in [3.63, 3.8) is 0 Å². The van der Waals surface area contributed by atoms with E-state index < -0.39 is 9.84 Å². The highest BCUT2D eigenvalue weighted by Gasteiger charge is 2.07. The lowest BCUT2D eigenvalue weighted by molar-refractivity contribution is 0.409. The maximum Gasteiger partial charge on any atom is 0.191 e. The van der Waals surface area contributed by atoms with Crippen LogP contribution in [-0.2, 0) is 16.3 Å². The second-order valence-electron chi connectivity index (χ2n) is 5.49. The predicted octanol–water partition coefficient (Wildman–Crippen LogP) is 2.15. The molecule has 1 rings (SSSR count). The van der Waals surface area contributed by atoms with Gasteiger partial charge in [-0.2, -0.15) is 0 Å². The number of aryl methyl sites for hydroxylation is 1. The Morgan fingerprint density at radius 1 is 1.24 bits per heavy atom. The molecule has 25 heavy (non-hydrogen) atoms. The smallest absolute Gasteiger partial charge is 0.191 e. The quantitative estimate of drug-likeness (QED) is 0.320. The van der Waals surface area contributed by atoms with Crippen LogP contribution in [0, 0.1) is 6.92 Å².